The third-order valence-electron chi connectivity index (χ3n) is 5.09. The molecule has 0 radical (unpaired) electrons. The summed E-state index contributed by atoms with van der Waals surface area (Å²) in [5.74, 6) is 0.641. The highest BCUT2D eigenvalue weighted by Crippen LogP contribution is 2.16. The Hall–Kier alpha value is -2.02. The average molecular weight is 407 g/mol. The van der Waals surface area contributed by atoms with Crippen molar-refractivity contribution >= 4 is 17.5 Å². The lowest BCUT2D eigenvalue weighted by Gasteiger charge is -2.26. The van der Waals surface area contributed by atoms with Crippen molar-refractivity contribution in [1.29, 1.82) is 0 Å². The molecule has 1 amide bonds. The second kappa shape index (κ2) is 10.5. The Morgan fingerprint density at radius 1 is 1.25 bits per heavy atom. The molecule has 1 aliphatic heterocycles. The van der Waals surface area contributed by atoms with E-state index in [9.17, 15) is 4.79 Å². The molecule has 3 rings (SSSR count). The van der Waals surface area contributed by atoms with Crippen molar-refractivity contribution in [2.75, 3.05) is 46.0 Å². The first-order valence-electron chi connectivity index (χ1n) is 9.79. The van der Waals surface area contributed by atoms with E-state index in [4.69, 9.17) is 21.1 Å². The van der Waals surface area contributed by atoms with Crippen LogP contribution in [0, 0.1) is 0 Å². The van der Waals surface area contributed by atoms with Crippen LogP contribution in [0.1, 0.15) is 12.1 Å². The van der Waals surface area contributed by atoms with Gasteiger partial charge in [0.1, 0.15) is 18.8 Å². The molecule has 7 heteroatoms. The van der Waals surface area contributed by atoms with Crippen molar-refractivity contribution in [3.63, 3.8) is 0 Å². The lowest BCUT2D eigenvalue weighted by molar-refractivity contribution is -0.908. The largest absolute Gasteiger partial charge is 0.484 e. The topological polar surface area (TPSA) is 48.1 Å². The van der Waals surface area contributed by atoms with Gasteiger partial charge in [0.25, 0.3) is 5.91 Å². The van der Waals surface area contributed by atoms with Gasteiger partial charge >= 0.3 is 0 Å². The number of hydrogen-bond acceptors (Lipinski definition) is 3. The lowest BCUT2D eigenvalue weighted by atomic mass is 10.3. The van der Waals surface area contributed by atoms with E-state index < -0.39 is 0 Å². The third-order valence-corrected chi connectivity index (χ3v) is 5.34. The van der Waals surface area contributed by atoms with Crippen LogP contribution in [0.5, 0.6) is 5.75 Å². The Labute approximate surface area is 171 Å². The highest BCUT2D eigenvalue weighted by molar-refractivity contribution is 6.30. The van der Waals surface area contributed by atoms with E-state index in [2.05, 4.69) is 0 Å². The van der Waals surface area contributed by atoms with Gasteiger partial charge in [-0.25, -0.2) is 0 Å². The molecule has 1 fully saturated rings. The summed E-state index contributed by atoms with van der Waals surface area (Å²) in [4.78, 5) is 16.3. The zero-order valence-electron chi connectivity index (χ0n) is 16.4. The Morgan fingerprint density at radius 3 is 2.68 bits per heavy atom. The number of carbonyl (C=O) groups is 1. The molecule has 6 nitrogen and oxygen atoms in total. The number of ether oxygens (including phenoxy) is 2. The fourth-order valence-corrected chi connectivity index (χ4v) is 3.47. The van der Waals surface area contributed by atoms with Crippen molar-refractivity contribution in [2.45, 2.75) is 13.0 Å². The van der Waals surface area contributed by atoms with Crippen LogP contribution in [-0.4, -0.2) is 61.4 Å². The average Bonchev–Trinajstić information content (AvgIpc) is 3.12. The summed E-state index contributed by atoms with van der Waals surface area (Å²) < 4.78 is 13.1. The van der Waals surface area contributed by atoms with E-state index in [0.29, 0.717) is 17.3 Å². The molecule has 28 heavy (non-hydrogen) atoms. The van der Waals surface area contributed by atoms with Crippen molar-refractivity contribution in [3.8, 4) is 5.75 Å². The van der Waals surface area contributed by atoms with Gasteiger partial charge in [-0.3, -0.25) is 4.79 Å². The number of aryl methyl sites for hydroxylation is 1. The second-order valence-corrected chi connectivity index (χ2v) is 7.57. The Kier molecular flexibility index (Phi) is 7.77. The van der Waals surface area contributed by atoms with Crippen molar-refractivity contribution < 1.29 is 19.2 Å². The van der Waals surface area contributed by atoms with Gasteiger partial charge in [-0.15, -0.1) is 0 Å². The van der Waals surface area contributed by atoms with E-state index in [1.165, 1.54) is 0 Å². The molecule has 152 valence electrons. The van der Waals surface area contributed by atoms with Crippen LogP contribution in [0.3, 0.4) is 0 Å². The lowest BCUT2D eigenvalue weighted by Crippen LogP contribution is -3.14. The number of morpholine rings is 1. The number of nitrogens with one attached hydrogen (secondary N) is 1. The molecule has 1 saturated heterocycles. The molecular formula is C21H29ClN3O3+. The van der Waals surface area contributed by atoms with Gasteiger partial charge in [0.05, 0.1) is 26.3 Å². The molecule has 1 aliphatic rings. The summed E-state index contributed by atoms with van der Waals surface area (Å²) in [7, 11) is 2.00. The van der Waals surface area contributed by atoms with Crippen LogP contribution in [-0.2, 0) is 23.1 Å². The normalized spacial score (nSPS) is 14.8. The molecule has 0 saturated carbocycles. The summed E-state index contributed by atoms with van der Waals surface area (Å²) in [5.41, 5.74) is 1.11. The monoisotopic (exact) mass is 406 g/mol. The summed E-state index contributed by atoms with van der Waals surface area (Å²) in [6.07, 6.45) is 2.96. The van der Waals surface area contributed by atoms with Gasteiger partial charge in [0.15, 0.2) is 6.61 Å². The number of benzene rings is 1. The maximum atomic E-state index is 12.8. The molecule has 1 aromatic carbocycles. The molecule has 0 spiro atoms. The first kappa shape index (κ1) is 20.7. The predicted octanol–water partition coefficient (Wildman–Crippen LogP) is 1.39. The number of carbonyl (C=O) groups excluding carboxylic acids is 1. The van der Waals surface area contributed by atoms with Gasteiger partial charge in [0, 0.05) is 36.9 Å². The minimum atomic E-state index is -0.00636. The molecule has 0 atom stereocenters. The van der Waals surface area contributed by atoms with Crippen LogP contribution in [0.25, 0.3) is 0 Å². The van der Waals surface area contributed by atoms with Crippen LogP contribution in [0.2, 0.25) is 5.02 Å². The van der Waals surface area contributed by atoms with Crippen molar-refractivity contribution in [3.05, 3.63) is 53.3 Å². The van der Waals surface area contributed by atoms with Crippen LogP contribution >= 0.6 is 11.6 Å². The molecule has 1 N–H and O–H groups in total. The first-order chi connectivity index (χ1) is 13.6. The highest BCUT2D eigenvalue weighted by atomic mass is 35.5. The Balaban J connectivity index is 1.55. The number of halogens is 1. The van der Waals surface area contributed by atoms with E-state index in [1.807, 2.05) is 34.8 Å². The summed E-state index contributed by atoms with van der Waals surface area (Å²) in [6, 6.07) is 11.1. The van der Waals surface area contributed by atoms with Crippen molar-refractivity contribution in [2.24, 2.45) is 7.05 Å². The van der Waals surface area contributed by atoms with Gasteiger partial charge in [-0.1, -0.05) is 11.6 Å². The molecule has 0 bridgehead atoms. The van der Waals surface area contributed by atoms with Crippen LogP contribution < -0.4 is 9.64 Å². The Bertz CT molecular complexity index is 742. The molecule has 1 aromatic heterocycles. The summed E-state index contributed by atoms with van der Waals surface area (Å²) in [5, 5.41) is 0.648. The molecule has 2 aromatic rings. The zero-order valence-corrected chi connectivity index (χ0v) is 17.2. The number of nitrogens with zero attached hydrogens (tertiary/aromatic N) is 2. The maximum Gasteiger partial charge on any atom is 0.260 e. The predicted molar refractivity (Wildman–Crippen MR) is 109 cm³/mol. The minimum absolute atomic E-state index is 0.00636. The third kappa shape index (κ3) is 6.26. The van der Waals surface area contributed by atoms with Gasteiger partial charge in [-0.05, 0) is 36.4 Å². The minimum Gasteiger partial charge on any atom is -0.484 e. The van der Waals surface area contributed by atoms with Crippen LogP contribution in [0.15, 0.2) is 42.6 Å². The van der Waals surface area contributed by atoms with Gasteiger partial charge < -0.3 is 23.8 Å². The second-order valence-electron chi connectivity index (χ2n) is 7.13. The molecular weight excluding hydrogens is 378 g/mol. The molecule has 0 aliphatic carbocycles. The quantitative estimate of drug-likeness (QED) is 0.684. The van der Waals surface area contributed by atoms with E-state index in [0.717, 1.165) is 51.5 Å². The van der Waals surface area contributed by atoms with E-state index >= 15 is 0 Å². The summed E-state index contributed by atoms with van der Waals surface area (Å²) in [6.45, 7) is 6.14. The standard InChI is InChI=1S/C21H28ClN3O3/c1-23-9-2-4-19(23)16-25(11-3-10-24-12-14-27-15-13-24)21(26)17-28-20-7-5-18(22)6-8-20/h2,4-9H,3,10-17H2,1H3/p+1. The smallest absolute Gasteiger partial charge is 0.260 e. The Morgan fingerprint density at radius 2 is 2.00 bits per heavy atom. The fourth-order valence-electron chi connectivity index (χ4n) is 3.35. The number of quaternary nitrogens is 1. The maximum absolute atomic E-state index is 12.8. The number of hydrogen-bond donors (Lipinski definition) is 1. The number of amides is 1. The fraction of sp³-hybridized carbons (Fsp3) is 0.476. The van der Waals surface area contributed by atoms with E-state index in [1.54, 1.807) is 29.2 Å². The SMILES string of the molecule is Cn1cccc1CN(CCC[NH+]1CCOCC1)C(=O)COc1ccc(Cl)cc1. The number of rotatable bonds is 9. The number of aromatic nitrogens is 1. The molecule has 0 unspecified atom stereocenters. The van der Waals surface area contributed by atoms with Gasteiger partial charge in [0.2, 0.25) is 0 Å². The summed E-state index contributed by atoms with van der Waals surface area (Å²) >= 11 is 5.90. The van der Waals surface area contributed by atoms with Gasteiger partial charge in [-0.2, -0.15) is 0 Å². The highest BCUT2D eigenvalue weighted by Gasteiger charge is 2.18. The van der Waals surface area contributed by atoms with Crippen molar-refractivity contribution in [1.82, 2.24) is 9.47 Å². The zero-order chi connectivity index (χ0) is 19.8. The molecule has 2 heterocycles. The van der Waals surface area contributed by atoms with Crippen LogP contribution in [0.4, 0.5) is 0 Å². The van der Waals surface area contributed by atoms with E-state index in [-0.39, 0.29) is 12.5 Å². The first-order valence-corrected chi connectivity index (χ1v) is 10.2.